The Morgan fingerprint density at radius 1 is 1.26 bits per heavy atom. The molecule has 1 amide bonds. The highest BCUT2D eigenvalue weighted by Gasteiger charge is 2.14. The Kier molecular flexibility index (Phi) is 5.55. The summed E-state index contributed by atoms with van der Waals surface area (Å²) in [7, 11) is 3.10. The summed E-state index contributed by atoms with van der Waals surface area (Å²) in [6.07, 6.45) is 1.54. The predicted molar refractivity (Wildman–Crippen MR) is 102 cm³/mol. The number of hydrogen-bond acceptors (Lipinski definition) is 6. The molecule has 10 heteroatoms. The van der Waals surface area contributed by atoms with Crippen LogP contribution in [0.5, 0.6) is 11.5 Å². The monoisotopic (exact) mass is 433 g/mol. The van der Waals surface area contributed by atoms with E-state index in [1.807, 2.05) is 0 Å². The summed E-state index contributed by atoms with van der Waals surface area (Å²) in [6, 6.07) is 8.23. The van der Waals surface area contributed by atoms with Gasteiger partial charge in [0.05, 0.1) is 19.8 Å². The van der Waals surface area contributed by atoms with Crippen molar-refractivity contribution in [3.63, 3.8) is 0 Å². The van der Waals surface area contributed by atoms with Crippen LogP contribution in [0.4, 0.5) is 5.95 Å². The lowest BCUT2D eigenvalue weighted by atomic mass is 10.2. The minimum atomic E-state index is -0.428. The maximum absolute atomic E-state index is 12.2. The maximum Gasteiger partial charge on any atom is 0.251 e. The Hall–Kier alpha value is -3.14. The van der Waals surface area contributed by atoms with Crippen LogP contribution in [-0.2, 0) is 11.3 Å². The molecule has 27 heavy (non-hydrogen) atoms. The first-order chi connectivity index (χ1) is 13.0. The normalized spacial score (nSPS) is 10.5. The zero-order valence-corrected chi connectivity index (χ0v) is 16.1. The van der Waals surface area contributed by atoms with E-state index in [2.05, 4.69) is 36.4 Å². The third-order valence-electron chi connectivity index (χ3n) is 3.66. The van der Waals surface area contributed by atoms with E-state index in [9.17, 15) is 9.59 Å². The molecule has 1 aromatic carbocycles. The number of nitrogens with one attached hydrogen (secondary N) is 2. The number of hydrogen-bond donors (Lipinski definition) is 2. The van der Waals surface area contributed by atoms with Gasteiger partial charge in [-0.3, -0.25) is 20.0 Å². The van der Waals surface area contributed by atoms with E-state index >= 15 is 0 Å². The fraction of sp³-hybridized carbons (Fsp3) is 0.176. The molecule has 0 bridgehead atoms. The van der Waals surface area contributed by atoms with Crippen LogP contribution in [0.3, 0.4) is 0 Å². The lowest BCUT2D eigenvalue weighted by molar-refractivity contribution is -0.116. The highest BCUT2D eigenvalue weighted by Crippen LogP contribution is 2.31. The molecule has 3 aromatic rings. The second-order valence-corrected chi connectivity index (χ2v) is 6.35. The van der Waals surface area contributed by atoms with Gasteiger partial charge in [0.1, 0.15) is 18.0 Å². The minimum Gasteiger partial charge on any atom is -0.497 e. The summed E-state index contributed by atoms with van der Waals surface area (Å²) in [6.45, 7) is -0.159. The number of nitrogens with zero attached hydrogens (tertiary/aromatic N) is 3. The van der Waals surface area contributed by atoms with Crippen LogP contribution in [-0.4, -0.2) is 39.9 Å². The van der Waals surface area contributed by atoms with Crippen molar-refractivity contribution in [1.82, 2.24) is 19.7 Å². The van der Waals surface area contributed by atoms with Crippen molar-refractivity contribution < 1.29 is 14.3 Å². The predicted octanol–water partition coefficient (Wildman–Crippen LogP) is 2.05. The molecule has 0 aliphatic rings. The van der Waals surface area contributed by atoms with Crippen molar-refractivity contribution in [3.8, 4) is 22.9 Å². The molecule has 0 saturated heterocycles. The topological polar surface area (TPSA) is 111 Å². The molecule has 0 fully saturated rings. The van der Waals surface area contributed by atoms with Crippen LogP contribution < -0.4 is 20.3 Å². The fourth-order valence-electron chi connectivity index (χ4n) is 2.38. The number of benzene rings is 1. The van der Waals surface area contributed by atoms with Crippen LogP contribution in [0.25, 0.3) is 11.4 Å². The largest absolute Gasteiger partial charge is 0.497 e. The van der Waals surface area contributed by atoms with Gasteiger partial charge in [-0.2, -0.15) is 4.98 Å². The first-order valence-electron chi connectivity index (χ1n) is 7.81. The fourth-order valence-corrected chi connectivity index (χ4v) is 2.76. The van der Waals surface area contributed by atoms with Gasteiger partial charge in [-0.1, -0.05) is 0 Å². The summed E-state index contributed by atoms with van der Waals surface area (Å²) in [5.74, 6) is 1.27. The number of H-pyrrole nitrogens is 1. The molecule has 3 rings (SSSR count). The van der Waals surface area contributed by atoms with E-state index in [4.69, 9.17) is 9.47 Å². The van der Waals surface area contributed by atoms with Crippen LogP contribution in [0, 0.1) is 0 Å². The van der Waals surface area contributed by atoms with E-state index in [0.29, 0.717) is 27.4 Å². The molecule has 0 unspecified atom stereocenters. The van der Waals surface area contributed by atoms with Crippen molar-refractivity contribution in [2.45, 2.75) is 6.54 Å². The Morgan fingerprint density at radius 2 is 2.07 bits per heavy atom. The van der Waals surface area contributed by atoms with Gasteiger partial charge < -0.3 is 14.0 Å². The number of ether oxygens (including phenoxy) is 2. The van der Waals surface area contributed by atoms with E-state index in [0.717, 1.165) is 0 Å². The van der Waals surface area contributed by atoms with Gasteiger partial charge in [0, 0.05) is 22.8 Å². The zero-order valence-electron chi connectivity index (χ0n) is 14.5. The Bertz CT molecular complexity index is 1030. The number of pyridine rings is 1. The molecular formula is C17H16BrN5O4. The number of carbonyl (C=O) groups excluding carboxylic acids is 1. The average molecular weight is 434 g/mol. The third-order valence-corrected chi connectivity index (χ3v) is 4.13. The SMILES string of the molecule is COc1ccc(-c2nc(NC(=O)Cn3cc(Br)ccc3=O)n[nH]2)c(OC)c1. The third kappa shape index (κ3) is 4.34. The van der Waals surface area contributed by atoms with Crippen molar-refractivity contribution in [2.75, 3.05) is 19.5 Å². The van der Waals surface area contributed by atoms with Gasteiger partial charge in [-0.05, 0) is 34.1 Å². The number of aromatic amines is 1. The maximum atomic E-state index is 12.2. The van der Waals surface area contributed by atoms with Crippen LogP contribution in [0.1, 0.15) is 0 Å². The lowest BCUT2D eigenvalue weighted by Crippen LogP contribution is -2.27. The number of halogens is 1. The first kappa shape index (κ1) is 18.6. The van der Waals surface area contributed by atoms with E-state index < -0.39 is 5.91 Å². The van der Waals surface area contributed by atoms with E-state index in [1.54, 1.807) is 31.4 Å². The Labute approximate surface area is 162 Å². The van der Waals surface area contributed by atoms with Gasteiger partial charge in [-0.25, -0.2) is 0 Å². The van der Waals surface area contributed by atoms with Gasteiger partial charge in [-0.15, -0.1) is 5.10 Å². The molecule has 0 radical (unpaired) electrons. The van der Waals surface area contributed by atoms with Crippen LogP contribution >= 0.6 is 15.9 Å². The lowest BCUT2D eigenvalue weighted by Gasteiger charge is -2.08. The summed E-state index contributed by atoms with van der Waals surface area (Å²) < 4.78 is 12.5. The first-order valence-corrected chi connectivity index (χ1v) is 8.60. The highest BCUT2D eigenvalue weighted by atomic mass is 79.9. The zero-order chi connectivity index (χ0) is 19.4. The number of carbonyl (C=O) groups is 1. The van der Waals surface area contributed by atoms with Crippen molar-refractivity contribution >= 4 is 27.8 Å². The van der Waals surface area contributed by atoms with Crippen molar-refractivity contribution in [3.05, 3.63) is 51.4 Å². The number of anilines is 1. The Balaban J connectivity index is 1.75. The van der Waals surface area contributed by atoms with Gasteiger partial charge in [0.15, 0.2) is 5.82 Å². The molecule has 0 aliphatic carbocycles. The second-order valence-electron chi connectivity index (χ2n) is 5.44. The molecule has 0 spiro atoms. The quantitative estimate of drug-likeness (QED) is 0.615. The standard InChI is InChI=1S/C17H16BrN5O4/c1-26-11-4-5-12(13(7-11)27-2)16-20-17(22-21-16)19-14(24)9-23-8-10(18)3-6-15(23)25/h3-8H,9H2,1-2H3,(H2,19,20,21,22,24). The average Bonchev–Trinajstić information content (AvgIpc) is 3.12. The summed E-state index contributed by atoms with van der Waals surface area (Å²) in [5, 5.41) is 9.29. The number of aromatic nitrogens is 4. The molecule has 140 valence electrons. The molecule has 9 nitrogen and oxygen atoms in total. The Morgan fingerprint density at radius 3 is 2.81 bits per heavy atom. The van der Waals surface area contributed by atoms with E-state index in [-0.39, 0.29) is 18.1 Å². The van der Waals surface area contributed by atoms with Crippen molar-refractivity contribution in [2.24, 2.45) is 0 Å². The second kappa shape index (κ2) is 8.04. The van der Waals surface area contributed by atoms with Gasteiger partial charge in [0.25, 0.3) is 5.56 Å². The molecular weight excluding hydrogens is 418 g/mol. The highest BCUT2D eigenvalue weighted by molar-refractivity contribution is 9.10. The molecule has 0 saturated carbocycles. The number of methoxy groups -OCH3 is 2. The summed E-state index contributed by atoms with van der Waals surface area (Å²) >= 11 is 3.26. The molecule has 2 heterocycles. The summed E-state index contributed by atoms with van der Waals surface area (Å²) in [5.41, 5.74) is 0.376. The molecule has 2 N–H and O–H groups in total. The van der Waals surface area contributed by atoms with Crippen LogP contribution in [0.15, 0.2) is 45.8 Å². The number of rotatable bonds is 6. The van der Waals surface area contributed by atoms with Crippen molar-refractivity contribution in [1.29, 1.82) is 0 Å². The molecule has 0 atom stereocenters. The van der Waals surface area contributed by atoms with Gasteiger partial charge in [0.2, 0.25) is 11.9 Å². The minimum absolute atomic E-state index is 0.0934. The van der Waals surface area contributed by atoms with E-state index in [1.165, 1.54) is 23.9 Å². The van der Waals surface area contributed by atoms with Gasteiger partial charge >= 0.3 is 0 Å². The van der Waals surface area contributed by atoms with Crippen LogP contribution in [0.2, 0.25) is 0 Å². The molecule has 0 aliphatic heterocycles. The molecule has 2 aromatic heterocycles. The smallest absolute Gasteiger partial charge is 0.251 e. The number of amides is 1. The summed E-state index contributed by atoms with van der Waals surface area (Å²) in [4.78, 5) is 28.2.